The maximum absolute atomic E-state index is 13.5. The minimum atomic E-state index is -0.746. The number of nitrogens with one attached hydrogen (secondary N) is 2. The van der Waals surface area contributed by atoms with Gasteiger partial charge >= 0.3 is 0 Å². The summed E-state index contributed by atoms with van der Waals surface area (Å²) in [5, 5.41) is 7.85. The highest BCUT2D eigenvalue weighted by Gasteiger charge is 2.26. The number of benzene rings is 1. The third-order valence-electron chi connectivity index (χ3n) is 5.35. The van der Waals surface area contributed by atoms with Crippen LogP contribution in [0.4, 0.5) is 4.39 Å². The van der Waals surface area contributed by atoms with Crippen LogP contribution in [-0.4, -0.2) is 33.8 Å². The maximum Gasteiger partial charge on any atom is 0.191 e. The molecule has 0 aliphatic heterocycles. The highest BCUT2D eigenvalue weighted by molar-refractivity contribution is 7.85. The van der Waals surface area contributed by atoms with Crippen molar-refractivity contribution >= 4 is 27.7 Å². The molecule has 1 aliphatic rings. The first-order valence-electron chi connectivity index (χ1n) is 10.1. The summed E-state index contributed by atoms with van der Waals surface area (Å²) in [6.07, 6.45) is 4.10. The number of hydrogen-bond donors (Lipinski definition) is 2. The molecule has 3 atom stereocenters. The molecule has 28 heavy (non-hydrogen) atoms. The minimum Gasteiger partial charge on any atom is -0.459 e. The van der Waals surface area contributed by atoms with Gasteiger partial charge in [-0.15, -0.1) is 0 Å². The van der Waals surface area contributed by atoms with Gasteiger partial charge in [-0.25, -0.2) is 9.38 Å². The van der Waals surface area contributed by atoms with Crippen molar-refractivity contribution in [2.24, 2.45) is 4.99 Å². The zero-order valence-corrected chi connectivity index (χ0v) is 17.7. The largest absolute Gasteiger partial charge is 0.459 e. The van der Waals surface area contributed by atoms with Gasteiger partial charge in [0.15, 0.2) is 5.96 Å². The second-order valence-corrected chi connectivity index (χ2v) is 9.29. The van der Waals surface area contributed by atoms with Crippen molar-refractivity contribution in [1.29, 1.82) is 0 Å². The summed E-state index contributed by atoms with van der Waals surface area (Å²) in [4.78, 5) is 4.68. The molecule has 3 unspecified atom stereocenters. The van der Waals surface area contributed by atoms with Gasteiger partial charge < -0.3 is 15.1 Å². The van der Waals surface area contributed by atoms with Crippen molar-refractivity contribution in [2.75, 3.05) is 12.3 Å². The van der Waals surface area contributed by atoms with E-state index in [1.165, 1.54) is 12.1 Å². The molecular formula is C21H30FN3O2S. The Kier molecular flexibility index (Phi) is 7.10. The Morgan fingerprint density at radius 3 is 2.93 bits per heavy atom. The molecule has 0 radical (unpaired) electrons. The van der Waals surface area contributed by atoms with Gasteiger partial charge in [-0.2, -0.15) is 0 Å². The predicted molar refractivity (Wildman–Crippen MR) is 114 cm³/mol. The standard InChI is InChI=1S/C21H30FN3O2S/c1-4-23-21(25-16-7-6-8-17(12-16)28(26)5-2)24-13-20-14(3)18-11-15(22)9-10-19(18)27-20/h9-11,16-17H,4-8,12-13H2,1-3H3,(H2,23,24,25). The van der Waals surface area contributed by atoms with Crippen LogP contribution in [0, 0.1) is 12.7 Å². The second kappa shape index (κ2) is 9.54. The number of aliphatic imine (C=N–C) groups is 1. The average Bonchev–Trinajstić information content (AvgIpc) is 3.01. The van der Waals surface area contributed by atoms with Crippen molar-refractivity contribution in [2.45, 2.75) is 64.3 Å². The van der Waals surface area contributed by atoms with E-state index in [2.05, 4.69) is 15.6 Å². The normalized spacial score (nSPS) is 21.6. The van der Waals surface area contributed by atoms with Gasteiger partial charge in [-0.05, 0) is 51.3 Å². The molecule has 1 aromatic heterocycles. The highest BCUT2D eigenvalue weighted by Crippen LogP contribution is 2.27. The van der Waals surface area contributed by atoms with Crippen LogP contribution in [0.3, 0.4) is 0 Å². The van der Waals surface area contributed by atoms with Gasteiger partial charge in [0.05, 0.1) is 0 Å². The fraction of sp³-hybridized carbons (Fsp3) is 0.571. The third kappa shape index (κ3) is 4.93. The predicted octanol–water partition coefficient (Wildman–Crippen LogP) is 4.02. The lowest BCUT2D eigenvalue weighted by molar-refractivity contribution is 0.413. The molecule has 1 aromatic carbocycles. The van der Waals surface area contributed by atoms with E-state index in [1.807, 2.05) is 20.8 Å². The van der Waals surface area contributed by atoms with Crippen LogP contribution in [0.5, 0.6) is 0 Å². The van der Waals surface area contributed by atoms with Gasteiger partial charge in [-0.1, -0.05) is 13.3 Å². The quantitative estimate of drug-likeness (QED) is 0.561. The summed E-state index contributed by atoms with van der Waals surface area (Å²) < 4.78 is 31.5. The Balaban J connectivity index is 1.71. The van der Waals surface area contributed by atoms with Crippen molar-refractivity contribution in [3.8, 4) is 0 Å². The molecule has 154 valence electrons. The smallest absolute Gasteiger partial charge is 0.191 e. The number of hydrogen-bond acceptors (Lipinski definition) is 3. The number of guanidine groups is 1. The molecule has 0 amide bonds. The van der Waals surface area contributed by atoms with Crippen molar-refractivity contribution in [1.82, 2.24) is 10.6 Å². The fourth-order valence-electron chi connectivity index (χ4n) is 3.81. The lowest BCUT2D eigenvalue weighted by Crippen LogP contribution is -2.46. The summed E-state index contributed by atoms with van der Waals surface area (Å²) in [5.74, 6) is 1.93. The van der Waals surface area contributed by atoms with E-state index in [1.54, 1.807) is 6.07 Å². The molecule has 1 saturated carbocycles. The molecule has 1 aliphatic carbocycles. The molecule has 7 heteroatoms. The summed E-state index contributed by atoms with van der Waals surface area (Å²) in [5.41, 5.74) is 1.60. The first-order chi connectivity index (χ1) is 13.5. The van der Waals surface area contributed by atoms with E-state index in [9.17, 15) is 8.60 Å². The topological polar surface area (TPSA) is 66.6 Å². The Labute approximate surface area is 168 Å². The van der Waals surface area contributed by atoms with E-state index in [0.717, 1.165) is 60.7 Å². The van der Waals surface area contributed by atoms with E-state index < -0.39 is 10.8 Å². The second-order valence-electron chi connectivity index (χ2n) is 7.29. The van der Waals surface area contributed by atoms with Gasteiger partial charge in [0, 0.05) is 45.3 Å². The molecular weight excluding hydrogens is 377 g/mol. The Morgan fingerprint density at radius 2 is 2.18 bits per heavy atom. The van der Waals surface area contributed by atoms with E-state index in [-0.39, 0.29) is 17.1 Å². The zero-order chi connectivity index (χ0) is 20.1. The number of rotatable bonds is 6. The number of nitrogens with zero attached hydrogens (tertiary/aromatic N) is 1. The van der Waals surface area contributed by atoms with Crippen LogP contribution in [0.2, 0.25) is 0 Å². The molecule has 2 N–H and O–H groups in total. The number of halogens is 1. The molecule has 0 bridgehead atoms. The first kappa shape index (κ1) is 20.8. The molecule has 1 heterocycles. The Morgan fingerprint density at radius 1 is 1.36 bits per heavy atom. The molecule has 1 fully saturated rings. The summed E-state index contributed by atoms with van der Waals surface area (Å²) in [6.45, 7) is 7.09. The minimum absolute atomic E-state index is 0.266. The SMILES string of the molecule is CCNC(=NCc1oc2ccc(F)cc2c1C)NC1CCCC(S(=O)CC)C1. The van der Waals surface area contributed by atoms with Crippen LogP contribution in [-0.2, 0) is 17.3 Å². The maximum atomic E-state index is 13.5. The van der Waals surface area contributed by atoms with Crippen molar-refractivity contribution in [3.05, 3.63) is 35.3 Å². The van der Waals surface area contributed by atoms with Gasteiger partial charge in [0.1, 0.15) is 23.7 Å². The number of furan rings is 1. The van der Waals surface area contributed by atoms with Crippen LogP contribution >= 0.6 is 0 Å². The summed E-state index contributed by atoms with van der Waals surface area (Å²) in [6, 6.07) is 4.84. The zero-order valence-electron chi connectivity index (χ0n) is 16.9. The van der Waals surface area contributed by atoms with Crippen molar-refractivity contribution < 1.29 is 13.0 Å². The van der Waals surface area contributed by atoms with Crippen LogP contribution < -0.4 is 10.6 Å². The van der Waals surface area contributed by atoms with Crippen molar-refractivity contribution in [3.63, 3.8) is 0 Å². The van der Waals surface area contributed by atoms with Gasteiger partial charge in [0.2, 0.25) is 0 Å². The van der Waals surface area contributed by atoms with Gasteiger partial charge in [0.25, 0.3) is 0 Å². The van der Waals surface area contributed by atoms with E-state index in [4.69, 9.17) is 4.42 Å². The number of aryl methyl sites for hydroxylation is 1. The molecule has 2 aromatic rings. The van der Waals surface area contributed by atoms with Gasteiger partial charge in [-0.3, -0.25) is 4.21 Å². The number of fused-ring (bicyclic) bond motifs is 1. The molecule has 0 saturated heterocycles. The van der Waals surface area contributed by atoms with Crippen LogP contribution in [0.25, 0.3) is 11.0 Å². The summed E-state index contributed by atoms with van der Waals surface area (Å²) >= 11 is 0. The molecule has 0 spiro atoms. The highest BCUT2D eigenvalue weighted by atomic mass is 32.2. The van der Waals surface area contributed by atoms with Crippen LogP contribution in [0.15, 0.2) is 27.6 Å². The van der Waals surface area contributed by atoms with E-state index >= 15 is 0 Å². The summed E-state index contributed by atoms with van der Waals surface area (Å²) in [7, 11) is -0.746. The molecule has 3 rings (SSSR count). The lowest BCUT2D eigenvalue weighted by Gasteiger charge is -2.30. The lowest BCUT2D eigenvalue weighted by atomic mass is 9.95. The monoisotopic (exact) mass is 407 g/mol. The Hall–Kier alpha value is -1.89. The van der Waals surface area contributed by atoms with Crippen LogP contribution in [0.1, 0.15) is 50.9 Å². The average molecular weight is 408 g/mol. The molecule has 5 nitrogen and oxygen atoms in total. The fourth-order valence-corrected chi connectivity index (χ4v) is 5.16. The Bertz CT molecular complexity index is 865. The third-order valence-corrected chi connectivity index (χ3v) is 7.09. The van der Waals surface area contributed by atoms with E-state index in [0.29, 0.717) is 12.1 Å². The first-order valence-corrected chi connectivity index (χ1v) is 11.5.